The van der Waals surface area contributed by atoms with Crippen LogP contribution in [-0.2, 0) is 9.47 Å². The van der Waals surface area contributed by atoms with Gasteiger partial charge in [-0.2, -0.15) is 0 Å². The van der Waals surface area contributed by atoms with E-state index in [-0.39, 0.29) is 18.2 Å². The molecule has 2 saturated heterocycles. The van der Waals surface area contributed by atoms with Crippen LogP contribution in [-0.4, -0.2) is 55.7 Å². The Kier molecular flexibility index (Phi) is 3.44. The van der Waals surface area contributed by atoms with Gasteiger partial charge in [0, 0.05) is 36.0 Å². The molecule has 3 aromatic rings. The van der Waals surface area contributed by atoms with Crippen LogP contribution in [0, 0.1) is 0 Å². The van der Waals surface area contributed by atoms with E-state index < -0.39 is 6.10 Å². The second-order valence-corrected chi connectivity index (χ2v) is 6.41. The number of rotatable bonds is 3. The summed E-state index contributed by atoms with van der Waals surface area (Å²) in [5.41, 5.74) is 2.07. The summed E-state index contributed by atoms with van der Waals surface area (Å²) in [7, 11) is 0. The molecule has 0 saturated carbocycles. The lowest BCUT2D eigenvalue weighted by atomic mass is 10.1. The molecule has 25 heavy (non-hydrogen) atoms. The summed E-state index contributed by atoms with van der Waals surface area (Å²) in [6.07, 6.45) is 8.26. The molecule has 1 N–H and O–H groups in total. The number of aliphatic hydroxyl groups excluding tert-OH is 1. The third kappa shape index (κ3) is 2.39. The smallest absolute Gasteiger partial charge is 0.140 e. The van der Waals surface area contributed by atoms with E-state index in [9.17, 15) is 5.11 Å². The fraction of sp³-hybridized carbons (Fsp3) is 0.333. The summed E-state index contributed by atoms with van der Waals surface area (Å²) in [6.45, 7) is 0.846. The molecular weight excluding hydrogens is 320 g/mol. The van der Waals surface area contributed by atoms with Crippen molar-refractivity contribution < 1.29 is 14.6 Å². The SMILES string of the molecule is O[C@@H]1CO[C@H]2[C@@H]1OC[C@@H]2n1ccnc1-c1ccc(-n2ccnc2)cc1. The van der Waals surface area contributed by atoms with E-state index in [2.05, 4.69) is 14.5 Å². The van der Waals surface area contributed by atoms with Crippen LogP contribution in [0.5, 0.6) is 0 Å². The van der Waals surface area contributed by atoms with Crippen LogP contribution in [0.15, 0.2) is 55.4 Å². The number of ether oxygens (including phenoxy) is 2. The molecule has 2 aliphatic heterocycles. The number of imidazole rings is 2. The summed E-state index contributed by atoms with van der Waals surface area (Å²) < 4.78 is 15.6. The summed E-state index contributed by atoms with van der Waals surface area (Å²) in [5, 5.41) is 9.94. The van der Waals surface area contributed by atoms with Gasteiger partial charge < -0.3 is 23.7 Å². The predicted octanol–water partition coefficient (Wildman–Crippen LogP) is 1.44. The highest BCUT2D eigenvalue weighted by Crippen LogP contribution is 2.36. The number of aliphatic hydroxyl groups is 1. The molecule has 0 aliphatic carbocycles. The molecule has 128 valence electrons. The molecule has 0 spiro atoms. The first-order valence-corrected chi connectivity index (χ1v) is 8.34. The van der Waals surface area contributed by atoms with Crippen molar-refractivity contribution in [2.24, 2.45) is 0 Å². The minimum Gasteiger partial charge on any atom is -0.388 e. The van der Waals surface area contributed by atoms with Crippen LogP contribution in [0.1, 0.15) is 6.04 Å². The monoisotopic (exact) mass is 338 g/mol. The van der Waals surface area contributed by atoms with Crippen molar-refractivity contribution in [3.63, 3.8) is 0 Å². The van der Waals surface area contributed by atoms with Gasteiger partial charge in [0.05, 0.1) is 25.6 Å². The van der Waals surface area contributed by atoms with Crippen LogP contribution >= 0.6 is 0 Å². The highest BCUT2D eigenvalue weighted by molar-refractivity contribution is 5.58. The third-order valence-electron chi connectivity index (χ3n) is 4.96. The van der Waals surface area contributed by atoms with Crippen molar-refractivity contribution in [3.8, 4) is 17.1 Å². The summed E-state index contributed by atoms with van der Waals surface area (Å²) in [5.74, 6) is 0.872. The van der Waals surface area contributed by atoms with Crippen LogP contribution in [0.3, 0.4) is 0 Å². The molecule has 1 aromatic carbocycles. The molecule has 4 atom stereocenters. The average Bonchev–Trinajstić information content (AvgIpc) is 3.42. The normalized spacial score (nSPS) is 28.4. The van der Waals surface area contributed by atoms with Crippen LogP contribution < -0.4 is 0 Å². The summed E-state index contributed by atoms with van der Waals surface area (Å²) in [4.78, 5) is 8.60. The predicted molar refractivity (Wildman–Crippen MR) is 89.3 cm³/mol. The Bertz CT molecular complexity index is 859. The van der Waals surface area contributed by atoms with Gasteiger partial charge in [-0.3, -0.25) is 0 Å². The van der Waals surface area contributed by atoms with Crippen LogP contribution in [0.4, 0.5) is 0 Å². The van der Waals surface area contributed by atoms with Crippen molar-refractivity contribution in [1.82, 2.24) is 19.1 Å². The number of benzene rings is 1. The fourth-order valence-corrected chi connectivity index (χ4v) is 3.70. The first-order valence-electron chi connectivity index (χ1n) is 8.34. The molecule has 5 rings (SSSR count). The van der Waals surface area contributed by atoms with E-state index in [4.69, 9.17) is 9.47 Å². The average molecular weight is 338 g/mol. The molecule has 2 aromatic heterocycles. The summed E-state index contributed by atoms with van der Waals surface area (Å²) >= 11 is 0. The number of hydrogen-bond donors (Lipinski definition) is 1. The van der Waals surface area contributed by atoms with E-state index >= 15 is 0 Å². The van der Waals surface area contributed by atoms with Crippen LogP contribution in [0.25, 0.3) is 17.1 Å². The minimum absolute atomic E-state index is 0.0213. The second kappa shape index (κ2) is 5.80. The topological polar surface area (TPSA) is 74.3 Å². The van der Waals surface area contributed by atoms with Gasteiger partial charge in [-0.05, 0) is 24.3 Å². The maximum absolute atomic E-state index is 9.94. The zero-order chi connectivity index (χ0) is 16.8. The summed E-state index contributed by atoms with van der Waals surface area (Å²) in [6, 6.07) is 8.20. The molecule has 0 unspecified atom stereocenters. The van der Waals surface area contributed by atoms with E-state index in [0.717, 1.165) is 17.1 Å². The van der Waals surface area contributed by atoms with Gasteiger partial charge >= 0.3 is 0 Å². The first kappa shape index (κ1) is 14.8. The Balaban J connectivity index is 1.45. The molecule has 4 heterocycles. The van der Waals surface area contributed by atoms with E-state index in [1.165, 1.54) is 0 Å². The first-order chi connectivity index (χ1) is 12.3. The van der Waals surface area contributed by atoms with Gasteiger partial charge in [0.2, 0.25) is 0 Å². The maximum Gasteiger partial charge on any atom is 0.140 e. The van der Waals surface area contributed by atoms with Gasteiger partial charge in [0.15, 0.2) is 0 Å². The van der Waals surface area contributed by atoms with Gasteiger partial charge in [-0.1, -0.05) is 0 Å². The molecular formula is C18H18N4O3. The van der Waals surface area contributed by atoms with Gasteiger partial charge in [-0.15, -0.1) is 0 Å². The number of hydrogen-bond acceptors (Lipinski definition) is 5. The van der Waals surface area contributed by atoms with Crippen molar-refractivity contribution >= 4 is 0 Å². The largest absolute Gasteiger partial charge is 0.388 e. The van der Waals surface area contributed by atoms with E-state index in [0.29, 0.717) is 13.2 Å². The molecule has 0 bridgehead atoms. The van der Waals surface area contributed by atoms with E-state index in [1.54, 1.807) is 18.7 Å². The van der Waals surface area contributed by atoms with Gasteiger partial charge in [-0.25, -0.2) is 9.97 Å². The number of aromatic nitrogens is 4. The Morgan fingerprint density at radius 1 is 1.00 bits per heavy atom. The molecule has 7 heteroatoms. The molecule has 0 radical (unpaired) electrons. The second-order valence-electron chi connectivity index (χ2n) is 6.41. The Morgan fingerprint density at radius 2 is 1.84 bits per heavy atom. The molecule has 2 aliphatic rings. The van der Waals surface area contributed by atoms with Crippen LogP contribution in [0.2, 0.25) is 0 Å². The lowest BCUT2D eigenvalue weighted by Crippen LogP contribution is -2.30. The molecule has 7 nitrogen and oxygen atoms in total. The van der Waals surface area contributed by atoms with Crippen molar-refractivity contribution in [2.45, 2.75) is 24.4 Å². The fourth-order valence-electron chi connectivity index (χ4n) is 3.70. The Hall–Kier alpha value is -2.48. The standard InChI is InChI=1S/C18H18N4O3/c23-15-10-25-16-14(9-24-17(15)16)22-8-6-20-18(22)12-1-3-13(4-2-12)21-7-5-19-11-21/h1-8,11,14-17,23H,9-10H2/t14-,15+,16+,17+/m0/s1. The zero-order valence-corrected chi connectivity index (χ0v) is 13.5. The van der Waals surface area contributed by atoms with E-state index in [1.807, 2.05) is 41.2 Å². The quantitative estimate of drug-likeness (QED) is 0.782. The Morgan fingerprint density at radius 3 is 2.64 bits per heavy atom. The van der Waals surface area contributed by atoms with Gasteiger partial charge in [0.1, 0.15) is 24.1 Å². The third-order valence-corrected chi connectivity index (χ3v) is 4.96. The number of nitrogens with zero attached hydrogens (tertiary/aromatic N) is 4. The number of fused-ring (bicyclic) bond motifs is 1. The highest BCUT2D eigenvalue weighted by Gasteiger charge is 2.48. The maximum atomic E-state index is 9.94. The lowest BCUT2D eigenvalue weighted by molar-refractivity contribution is 0.0172. The molecule has 0 amide bonds. The minimum atomic E-state index is -0.545. The zero-order valence-electron chi connectivity index (χ0n) is 13.5. The Labute approximate surface area is 144 Å². The van der Waals surface area contributed by atoms with Crippen molar-refractivity contribution in [2.75, 3.05) is 13.2 Å². The molecule has 2 fully saturated rings. The van der Waals surface area contributed by atoms with Crippen molar-refractivity contribution in [1.29, 1.82) is 0 Å². The van der Waals surface area contributed by atoms with Crippen molar-refractivity contribution in [3.05, 3.63) is 55.4 Å². The lowest BCUT2D eigenvalue weighted by Gasteiger charge is -2.19. The highest BCUT2D eigenvalue weighted by atomic mass is 16.6. The van der Waals surface area contributed by atoms with Gasteiger partial charge in [0.25, 0.3) is 0 Å².